The Morgan fingerprint density at radius 1 is 1.23 bits per heavy atom. The quantitative estimate of drug-likeness (QED) is 0.639. The summed E-state index contributed by atoms with van der Waals surface area (Å²) in [5, 5.41) is 0.724. The summed E-state index contributed by atoms with van der Waals surface area (Å²) in [5.41, 5.74) is 1.61. The van der Waals surface area contributed by atoms with Crippen LogP contribution in [-0.4, -0.2) is 20.8 Å². The highest BCUT2D eigenvalue weighted by molar-refractivity contribution is 5.96. The van der Waals surface area contributed by atoms with E-state index in [-0.39, 0.29) is 11.5 Å². The monoisotopic (exact) mass is 293 g/mol. The van der Waals surface area contributed by atoms with Crippen LogP contribution in [0, 0.1) is 0 Å². The highest BCUT2D eigenvalue weighted by Crippen LogP contribution is 2.22. The SMILES string of the molecule is O=C(c1cc2ccccc2oc1=O)N1Cc2cncnc2C1. The Bertz CT molecular complexity index is 924. The maximum atomic E-state index is 12.6. The highest BCUT2D eigenvalue weighted by Gasteiger charge is 2.27. The van der Waals surface area contributed by atoms with E-state index in [0.717, 1.165) is 16.6 Å². The van der Waals surface area contributed by atoms with Crippen LogP contribution in [-0.2, 0) is 13.1 Å². The predicted octanol–water partition coefficient (Wildman–Crippen LogP) is 1.74. The van der Waals surface area contributed by atoms with Crippen LogP contribution in [0.5, 0.6) is 0 Å². The lowest BCUT2D eigenvalue weighted by atomic mass is 10.1. The Morgan fingerprint density at radius 2 is 2.09 bits per heavy atom. The highest BCUT2D eigenvalue weighted by atomic mass is 16.4. The molecule has 2 aromatic heterocycles. The molecule has 0 spiro atoms. The molecule has 1 amide bonds. The molecule has 0 bridgehead atoms. The van der Waals surface area contributed by atoms with Gasteiger partial charge in [0.1, 0.15) is 17.5 Å². The molecular weight excluding hydrogens is 282 g/mol. The largest absolute Gasteiger partial charge is 0.422 e. The Morgan fingerprint density at radius 3 is 2.95 bits per heavy atom. The van der Waals surface area contributed by atoms with Gasteiger partial charge in [0, 0.05) is 23.7 Å². The molecule has 108 valence electrons. The van der Waals surface area contributed by atoms with Gasteiger partial charge >= 0.3 is 5.63 Å². The van der Waals surface area contributed by atoms with Crippen molar-refractivity contribution in [3.8, 4) is 0 Å². The summed E-state index contributed by atoms with van der Waals surface area (Å²) in [5.74, 6) is -0.350. The number of carbonyl (C=O) groups is 1. The van der Waals surface area contributed by atoms with Gasteiger partial charge in [0.25, 0.3) is 5.91 Å². The number of fused-ring (bicyclic) bond motifs is 2. The zero-order valence-corrected chi connectivity index (χ0v) is 11.5. The second kappa shape index (κ2) is 4.77. The summed E-state index contributed by atoms with van der Waals surface area (Å²) in [6.07, 6.45) is 3.15. The van der Waals surface area contributed by atoms with Gasteiger partial charge in [0.15, 0.2) is 0 Å². The lowest BCUT2D eigenvalue weighted by Gasteiger charge is -2.14. The average Bonchev–Trinajstić information content (AvgIpc) is 2.97. The van der Waals surface area contributed by atoms with Crippen molar-refractivity contribution < 1.29 is 9.21 Å². The molecule has 6 nitrogen and oxygen atoms in total. The summed E-state index contributed by atoms with van der Waals surface area (Å²) < 4.78 is 5.22. The average molecular weight is 293 g/mol. The molecule has 0 radical (unpaired) electrons. The van der Waals surface area contributed by atoms with E-state index in [1.807, 2.05) is 6.07 Å². The molecule has 6 heteroatoms. The number of benzene rings is 1. The minimum absolute atomic E-state index is 0.0412. The lowest BCUT2D eigenvalue weighted by molar-refractivity contribution is 0.0746. The summed E-state index contributed by atoms with van der Waals surface area (Å²) >= 11 is 0. The van der Waals surface area contributed by atoms with E-state index in [9.17, 15) is 9.59 Å². The zero-order chi connectivity index (χ0) is 15.1. The van der Waals surface area contributed by atoms with E-state index in [0.29, 0.717) is 18.7 Å². The topological polar surface area (TPSA) is 76.3 Å². The molecule has 0 atom stereocenters. The fourth-order valence-electron chi connectivity index (χ4n) is 2.63. The molecule has 1 aliphatic heterocycles. The van der Waals surface area contributed by atoms with Gasteiger partial charge in [-0.3, -0.25) is 4.79 Å². The van der Waals surface area contributed by atoms with E-state index in [2.05, 4.69) is 9.97 Å². The summed E-state index contributed by atoms with van der Waals surface area (Å²) in [4.78, 5) is 34.3. The third kappa shape index (κ3) is 1.96. The smallest absolute Gasteiger partial charge is 0.349 e. The fraction of sp³-hybridized carbons (Fsp3) is 0.125. The summed E-state index contributed by atoms with van der Waals surface area (Å²) in [6.45, 7) is 0.782. The number of hydrogen-bond donors (Lipinski definition) is 0. The molecule has 0 unspecified atom stereocenters. The van der Waals surface area contributed by atoms with Gasteiger partial charge in [0.2, 0.25) is 0 Å². The van der Waals surface area contributed by atoms with Crippen LogP contribution in [0.2, 0.25) is 0 Å². The molecule has 0 fully saturated rings. The van der Waals surface area contributed by atoms with Crippen LogP contribution in [0.25, 0.3) is 11.0 Å². The van der Waals surface area contributed by atoms with Crippen molar-refractivity contribution in [3.05, 3.63) is 70.1 Å². The van der Waals surface area contributed by atoms with E-state index in [4.69, 9.17) is 4.42 Å². The van der Waals surface area contributed by atoms with Crippen molar-refractivity contribution in [2.24, 2.45) is 0 Å². The third-order valence-corrected chi connectivity index (χ3v) is 3.74. The predicted molar refractivity (Wildman–Crippen MR) is 78.1 cm³/mol. The molecule has 4 rings (SSSR count). The van der Waals surface area contributed by atoms with Crippen molar-refractivity contribution in [3.63, 3.8) is 0 Å². The Labute approximate surface area is 125 Å². The molecule has 3 aromatic rings. The first-order valence-corrected chi connectivity index (χ1v) is 6.82. The molecule has 1 aliphatic rings. The number of rotatable bonds is 1. The van der Waals surface area contributed by atoms with Crippen LogP contribution >= 0.6 is 0 Å². The van der Waals surface area contributed by atoms with E-state index in [1.165, 1.54) is 6.33 Å². The molecular formula is C16H11N3O3. The van der Waals surface area contributed by atoms with Crippen molar-refractivity contribution >= 4 is 16.9 Å². The van der Waals surface area contributed by atoms with Crippen LogP contribution in [0.1, 0.15) is 21.6 Å². The van der Waals surface area contributed by atoms with Gasteiger partial charge in [-0.05, 0) is 12.1 Å². The van der Waals surface area contributed by atoms with E-state index < -0.39 is 5.63 Å². The van der Waals surface area contributed by atoms with Crippen LogP contribution in [0.4, 0.5) is 0 Å². The van der Waals surface area contributed by atoms with Crippen molar-refractivity contribution in [1.29, 1.82) is 0 Å². The van der Waals surface area contributed by atoms with Gasteiger partial charge in [-0.2, -0.15) is 0 Å². The summed E-state index contributed by atoms with van der Waals surface area (Å²) in [6, 6.07) is 8.70. The summed E-state index contributed by atoms with van der Waals surface area (Å²) in [7, 11) is 0. The van der Waals surface area contributed by atoms with Gasteiger partial charge in [-0.15, -0.1) is 0 Å². The minimum atomic E-state index is -0.620. The number of carbonyl (C=O) groups excluding carboxylic acids is 1. The maximum Gasteiger partial charge on any atom is 0.349 e. The van der Waals surface area contributed by atoms with Gasteiger partial charge < -0.3 is 9.32 Å². The fourth-order valence-corrected chi connectivity index (χ4v) is 2.63. The van der Waals surface area contributed by atoms with Crippen molar-refractivity contribution in [2.45, 2.75) is 13.1 Å². The number of amides is 1. The first-order chi connectivity index (χ1) is 10.7. The first-order valence-electron chi connectivity index (χ1n) is 6.82. The molecule has 1 aromatic carbocycles. The van der Waals surface area contributed by atoms with Crippen molar-refractivity contribution in [1.82, 2.24) is 14.9 Å². The molecule has 22 heavy (non-hydrogen) atoms. The Balaban J connectivity index is 1.72. The van der Waals surface area contributed by atoms with Gasteiger partial charge in [-0.25, -0.2) is 14.8 Å². The van der Waals surface area contributed by atoms with Gasteiger partial charge in [-0.1, -0.05) is 18.2 Å². The second-order valence-electron chi connectivity index (χ2n) is 5.14. The van der Waals surface area contributed by atoms with Crippen LogP contribution in [0.3, 0.4) is 0 Å². The third-order valence-electron chi connectivity index (χ3n) is 3.74. The number of hydrogen-bond acceptors (Lipinski definition) is 5. The molecule has 0 saturated heterocycles. The van der Waals surface area contributed by atoms with Crippen molar-refractivity contribution in [2.75, 3.05) is 0 Å². The number of aromatic nitrogens is 2. The molecule has 0 saturated carbocycles. The molecule has 0 N–H and O–H groups in total. The Hall–Kier alpha value is -3.02. The normalized spacial score (nSPS) is 13.4. The zero-order valence-electron chi connectivity index (χ0n) is 11.5. The Kier molecular flexibility index (Phi) is 2.75. The number of para-hydroxylation sites is 1. The first kappa shape index (κ1) is 12.7. The molecule has 3 heterocycles. The standard InChI is InChI=1S/C16H11N3O3/c20-15(19-7-11-6-17-9-18-13(11)8-19)12-5-10-3-1-2-4-14(10)22-16(12)21/h1-6,9H,7-8H2. The van der Waals surface area contributed by atoms with Crippen LogP contribution < -0.4 is 5.63 Å². The van der Waals surface area contributed by atoms with E-state index in [1.54, 1.807) is 35.4 Å². The molecule has 0 aliphatic carbocycles. The minimum Gasteiger partial charge on any atom is -0.422 e. The maximum absolute atomic E-state index is 12.6. The second-order valence-corrected chi connectivity index (χ2v) is 5.14. The van der Waals surface area contributed by atoms with Crippen LogP contribution in [0.15, 0.2) is 52.1 Å². The number of nitrogens with zero attached hydrogens (tertiary/aromatic N) is 3. The lowest BCUT2D eigenvalue weighted by Crippen LogP contribution is -2.29. The van der Waals surface area contributed by atoms with E-state index >= 15 is 0 Å². The van der Waals surface area contributed by atoms with Gasteiger partial charge in [0.05, 0.1) is 12.2 Å².